The van der Waals surface area contributed by atoms with Gasteiger partial charge in [-0.05, 0) is 36.8 Å². The summed E-state index contributed by atoms with van der Waals surface area (Å²) in [6, 6.07) is 11.5. The Morgan fingerprint density at radius 2 is 1.72 bits per heavy atom. The summed E-state index contributed by atoms with van der Waals surface area (Å²) in [6.07, 6.45) is 3.65. The molecule has 0 spiro atoms. The van der Waals surface area contributed by atoms with E-state index < -0.39 is 0 Å². The van der Waals surface area contributed by atoms with Gasteiger partial charge in [-0.3, -0.25) is 0 Å². The highest BCUT2D eigenvalue weighted by molar-refractivity contribution is 5.15. The molecule has 1 N–H and O–H groups in total. The fourth-order valence-electron chi connectivity index (χ4n) is 2.70. The van der Waals surface area contributed by atoms with E-state index in [2.05, 4.69) is 63.3 Å². The van der Waals surface area contributed by atoms with Gasteiger partial charge >= 0.3 is 0 Å². The zero-order valence-corrected chi connectivity index (χ0v) is 12.4. The SMILES string of the molecule is CCCNC(C(C)C)C(CC)Cc1ccccc1. The van der Waals surface area contributed by atoms with Crippen LogP contribution in [0.3, 0.4) is 0 Å². The Labute approximate surface area is 113 Å². The first-order chi connectivity index (χ1) is 8.69. The van der Waals surface area contributed by atoms with Gasteiger partial charge in [-0.2, -0.15) is 0 Å². The van der Waals surface area contributed by atoms with Gasteiger partial charge in [0, 0.05) is 6.04 Å². The Hall–Kier alpha value is -0.820. The molecule has 0 fully saturated rings. The molecule has 0 aliphatic heterocycles. The van der Waals surface area contributed by atoms with Crippen LogP contribution in [0.4, 0.5) is 0 Å². The summed E-state index contributed by atoms with van der Waals surface area (Å²) < 4.78 is 0. The predicted molar refractivity (Wildman–Crippen MR) is 80.8 cm³/mol. The van der Waals surface area contributed by atoms with E-state index in [0.29, 0.717) is 12.0 Å². The van der Waals surface area contributed by atoms with Gasteiger partial charge in [-0.1, -0.05) is 64.4 Å². The molecule has 2 unspecified atom stereocenters. The molecule has 0 radical (unpaired) electrons. The fraction of sp³-hybridized carbons (Fsp3) is 0.647. The summed E-state index contributed by atoms with van der Waals surface area (Å²) in [7, 11) is 0. The van der Waals surface area contributed by atoms with Crippen LogP contribution >= 0.6 is 0 Å². The van der Waals surface area contributed by atoms with Gasteiger partial charge in [-0.25, -0.2) is 0 Å². The van der Waals surface area contributed by atoms with E-state index in [1.807, 2.05) is 0 Å². The number of rotatable bonds is 8. The molecule has 0 heterocycles. The molecule has 102 valence electrons. The van der Waals surface area contributed by atoms with E-state index in [9.17, 15) is 0 Å². The van der Waals surface area contributed by atoms with Gasteiger partial charge in [0.05, 0.1) is 0 Å². The van der Waals surface area contributed by atoms with Crippen molar-refractivity contribution in [2.75, 3.05) is 6.54 Å². The van der Waals surface area contributed by atoms with Crippen LogP contribution in [0, 0.1) is 11.8 Å². The second-order valence-electron chi connectivity index (χ2n) is 5.58. The van der Waals surface area contributed by atoms with Crippen LogP contribution < -0.4 is 5.32 Å². The number of benzene rings is 1. The molecule has 0 saturated heterocycles. The predicted octanol–water partition coefficient (Wildman–Crippen LogP) is 4.28. The summed E-state index contributed by atoms with van der Waals surface area (Å²) in [4.78, 5) is 0. The van der Waals surface area contributed by atoms with Crippen molar-refractivity contribution in [1.82, 2.24) is 5.32 Å². The molecule has 1 rings (SSSR count). The fourth-order valence-corrected chi connectivity index (χ4v) is 2.70. The molecule has 2 atom stereocenters. The van der Waals surface area contributed by atoms with Crippen molar-refractivity contribution < 1.29 is 0 Å². The lowest BCUT2D eigenvalue weighted by atomic mass is 9.84. The third-order valence-corrected chi connectivity index (χ3v) is 3.72. The molecule has 0 amide bonds. The van der Waals surface area contributed by atoms with E-state index in [1.165, 1.54) is 24.8 Å². The van der Waals surface area contributed by atoms with Crippen molar-refractivity contribution in [2.45, 2.75) is 53.0 Å². The smallest absolute Gasteiger partial charge is 0.0121 e. The lowest BCUT2D eigenvalue weighted by Gasteiger charge is -2.31. The van der Waals surface area contributed by atoms with Crippen LogP contribution in [0.2, 0.25) is 0 Å². The zero-order chi connectivity index (χ0) is 13.4. The Morgan fingerprint density at radius 3 is 2.22 bits per heavy atom. The van der Waals surface area contributed by atoms with Crippen molar-refractivity contribution in [1.29, 1.82) is 0 Å². The van der Waals surface area contributed by atoms with Crippen LogP contribution in [0.1, 0.15) is 46.1 Å². The number of hydrogen-bond acceptors (Lipinski definition) is 1. The molecule has 0 aliphatic carbocycles. The molecular weight excluding hydrogens is 218 g/mol. The van der Waals surface area contributed by atoms with E-state index in [4.69, 9.17) is 0 Å². The van der Waals surface area contributed by atoms with E-state index in [0.717, 1.165) is 12.5 Å². The molecule has 0 saturated carbocycles. The van der Waals surface area contributed by atoms with Gasteiger partial charge in [-0.15, -0.1) is 0 Å². The Kier molecular flexibility index (Phi) is 7.04. The topological polar surface area (TPSA) is 12.0 Å². The lowest BCUT2D eigenvalue weighted by molar-refractivity contribution is 0.273. The van der Waals surface area contributed by atoms with Crippen LogP contribution in [0.5, 0.6) is 0 Å². The minimum absolute atomic E-state index is 0.634. The Balaban J connectivity index is 2.66. The second kappa shape index (κ2) is 8.31. The standard InChI is InChI=1S/C17H29N/c1-5-12-18-17(14(3)4)16(6-2)13-15-10-8-7-9-11-15/h7-11,14,16-18H,5-6,12-13H2,1-4H3. The molecule has 0 aromatic heterocycles. The summed E-state index contributed by atoms with van der Waals surface area (Å²) in [6.45, 7) is 10.4. The van der Waals surface area contributed by atoms with E-state index in [-0.39, 0.29) is 0 Å². The summed E-state index contributed by atoms with van der Waals surface area (Å²) >= 11 is 0. The largest absolute Gasteiger partial charge is 0.313 e. The first kappa shape index (κ1) is 15.2. The molecular formula is C17H29N. The molecule has 0 bridgehead atoms. The van der Waals surface area contributed by atoms with E-state index >= 15 is 0 Å². The molecule has 1 aromatic carbocycles. The minimum Gasteiger partial charge on any atom is -0.313 e. The highest BCUT2D eigenvalue weighted by Gasteiger charge is 2.22. The third kappa shape index (κ3) is 4.81. The Morgan fingerprint density at radius 1 is 1.06 bits per heavy atom. The second-order valence-corrected chi connectivity index (χ2v) is 5.58. The lowest BCUT2D eigenvalue weighted by Crippen LogP contribution is -2.41. The molecule has 1 heteroatoms. The summed E-state index contributed by atoms with van der Waals surface area (Å²) in [5.74, 6) is 1.43. The van der Waals surface area contributed by atoms with Gasteiger partial charge in [0.25, 0.3) is 0 Å². The number of hydrogen-bond donors (Lipinski definition) is 1. The van der Waals surface area contributed by atoms with Gasteiger partial charge in [0.2, 0.25) is 0 Å². The van der Waals surface area contributed by atoms with Gasteiger partial charge in [0.15, 0.2) is 0 Å². The molecule has 18 heavy (non-hydrogen) atoms. The zero-order valence-electron chi connectivity index (χ0n) is 12.4. The van der Waals surface area contributed by atoms with Gasteiger partial charge in [0.1, 0.15) is 0 Å². The van der Waals surface area contributed by atoms with Crippen LogP contribution in [-0.2, 0) is 6.42 Å². The van der Waals surface area contributed by atoms with Crippen LogP contribution in [-0.4, -0.2) is 12.6 Å². The Bertz CT molecular complexity index is 305. The van der Waals surface area contributed by atoms with Crippen molar-refractivity contribution in [3.63, 3.8) is 0 Å². The van der Waals surface area contributed by atoms with Crippen molar-refractivity contribution >= 4 is 0 Å². The minimum atomic E-state index is 0.634. The maximum Gasteiger partial charge on any atom is 0.0121 e. The van der Waals surface area contributed by atoms with Crippen LogP contribution in [0.25, 0.3) is 0 Å². The third-order valence-electron chi connectivity index (χ3n) is 3.72. The quantitative estimate of drug-likeness (QED) is 0.723. The number of nitrogens with one attached hydrogen (secondary N) is 1. The van der Waals surface area contributed by atoms with Crippen LogP contribution in [0.15, 0.2) is 30.3 Å². The first-order valence-corrected chi connectivity index (χ1v) is 7.46. The summed E-state index contributed by atoms with van der Waals surface area (Å²) in [5.41, 5.74) is 1.47. The normalized spacial score (nSPS) is 14.7. The van der Waals surface area contributed by atoms with E-state index in [1.54, 1.807) is 0 Å². The maximum absolute atomic E-state index is 3.74. The van der Waals surface area contributed by atoms with Gasteiger partial charge < -0.3 is 5.32 Å². The maximum atomic E-state index is 3.74. The molecule has 0 aliphatic rings. The summed E-state index contributed by atoms with van der Waals surface area (Å²) in [5, 5.41) is 3.74. The average Bonchev–Trinajstić information content (AvgIpc) is 2.38. The van der Waals surface area contributed by atoms with Crippen molar-refractivity contribution in [3.05, 3.63) is 35.9 Å². The van der Waals surface area contributed by atoms with Crippen molar-refractivity contribution in [2.24, 2.45) is 11.8 Å². The highest BCUT2D eigenvalue weighted by atomic mass is 14.9. The molecule has 1 nitrogen and oxygen atoms in total. The monoisotopic (exact) mass is 247 g/mol. The average molecular weight is 247 g/mol. The first-order valence-electron chi connectivity index (χ1n) is 7.46. The highest BCUT2D eigenvalue weighted by Crippen LogP contribution is 2.21. The van der Waals surface area contributed by atoms with Crippen molar-refractivity contribution in [3.8, 4) is 0 Å². The molecule has 1 aromatic rings.